The highest BCUT2D eigenvalue weighted by molar-refractivity contribution is 5.72. The van der Waals surface area contributed by atoms with Gasteiger partial charge >= 0.3 is 0 Å². The quantitative estimate of drug-likeness (QED) is 0.411. The maximum absolute atomic E-state index is 14.9. The summed E-state index contributed by atoms with van der Waals surface area (Å²) in [6, 6.07) is 27.5. The van der Waals surface area contributed by atoms with Crippen molar-refractivity contribution >= 4 is 5.57 Å². The first-order chi connectivity index (χ1) is 15.2. The van der Waals surface area contributed by atoms with E-state index in [0.29, 0.717) is 23.6 Å². The van der Waals surface area contributed by atoms with Crippen LogP contribution in [0.1, 0.15) is 49.7 Å². The first-order valence-corrected chi connectivity index (χ1v) is 11.6. The molecule has 1 saturated heterocycles. The van der Waals surface area contributed by atoms with E-state index in [4.69, 9.17) is 0 Å². The number of hydrogen-bond acceptors (Lipinski definition) is 1. The average Bonchev–Trinajstić information content (AvgIpc) is 3.05. The molecule has 0 aromatic heterocycles. The van der Waals surface area contributed by atoms with E-state index < -0.39 is 0 Å². The standard InChI is InChI=1S/C29H30FN/c1-21(22-8-4-2-5-9-22)16-17-31-26-13-14-27(31)19-25(18-26)24-12-15-28(29(30)20-24)23-10-6-3-7-11-23/h2-12,15,18,20-21,26-27H,13-14,16-17,19H2,1H3. The Hall–Kier alpha value is -2.71. The Kier molecular flexibility index (Phi) is 5.74. The maximum Gasteiger partial charge on any atom is 0.131 e. The molecular formula is C29H30FN. The molecule has 1 fully saturated rings. The highest BCUT2D eigenvalue weighted by Crippen LogP contribution is 2.40. The minimum absolute atomic E-state index is 0.129. The monoisotopic (exact) mass is 411 g/mol. The summed E-state index contributed by atoms with van der Waals surface area (Å²) in [6.45, 7) is 3.47. The molecule has 2 aliphatic heterocycles. The van der Waals surface area contributed by atoms with Crippen molar-refractivity contribution < 1.29 is 4.39 Å². The normalized spacial score (nSPS) is 21.7. The van der Waals surface area contributed by atoms with Gasteiger partial charge in [-0.2, -0.15) is 0 Å². The summed E-state index contributed by atoms with van der Waals surface area (Å²) in [7, 11) is 0. The number of benzene rings is 3. The lowest BCUT2D eigenvalue weighted by molar-refractivity contribution is 0.205. The smallest absolute Gasteiger partial charge is 0.131 e. The molecular weight excluding hydrogens is 381 g/mol. The number of halogens is 1. The van der Waals surface area contributed by atoms with Crippen LogP contribution in [-0.2, 0) is 0 Å². The summed E-state index contributed by atoms with van der Waals surface area (Å²) in [5.74, 6) is 0.446. The van der Waals surface area contributed by atoms with Gasteiger partial charge in [0.1, 0.15) is 5.82 Å². The van der Waals surface area contributed by atoms with Gasteiger partial charge < -0.3 is 0 Å². The third-order valence-corrected chi connectivity index (χ3v) is 7.15. The van der Waals surface area contributed by atoms with E-state index in [-0.39, 0.29) is 5.82 Å². The van der Waals surface area contributed by atoms with E-state index >= 15 is 0 Å². The minimum Gasteiger partial charge on any atom is -0.294 e. The summed E-state index contributed by atoms with van der Waals surface area (Å²) in [4.78, 5) is 2.69. The summed E-state index contributed by atoms with van der Waals surface area (Å²) in [6.07, 6.45) is 7.09. The zero-order valence-electron chi connectivity index (χ0n) is 18.2. The molecule has 31 heavy (non-hydrogen) atoms. The zero-order chi connectivity index (χ0) is 21.2. The molecule has 0 spiro atoms. The third-order valence-electron chi connectivity index (χ3n) is 7.15. The zero-order valence-corrected chi connectivity index (χ0v) is 18.2. The van der Waals surface area contributed by atoms with Crippen molar-refractivity contribution in [2.24, 2.45) is 0 Å². The van der Waals surface area contributed by atoms with Gasteiger partial charge in [0.25, 0.3) is 0 Å². The van der Waals surface area contributed by atoms with Crippen LogP contribution in [0, 0.1) is 5.82 Å². The molecule has 2 heterocycles. The molecule has 3 atom stereocenters. The summed E-state index contributed by atoms with van der Waals surface area (Å²) in [5.41, 5.74) is 5.41. The van der Waals surface area contributed by atoms with Gasteiger partial charge in [-0.25, -0.2) is 4.39 Å². The molecule has 0 amide bonds. The lowest BCUT2D eigenvalue weighted by Gasteiger charge is -2.35. The van der Waals surface area contributed by atoms with Crippen molar-refractivity contribution in [2.75, 3.05) is 6.54 Å². The molecule has 0 aliphatic carbocycles. The van der Waals surface area contributed by atoms with Crippen molar-refractivity contribution in [1.29, 1.82) is 0 Å². The topological polar surface area (TPSA) is 3.24 Å². The second-order valence-electron chi connectivity index (χ2n) is 9.09. The number of rotatable bonds is 6. The van der Waals surface area contributed by atoms with Gasteiger partial charge in [0.15, 0.2) is 0 Å². The Balaban J connectivity index is 1.29. The van der Waals surface area contributed by atoms with Gasteiger partial charge in [0, 0.05) is 17.6 Å². The fourth-order valence-corrected chi connectivity index (χ4v) is 5.34. The van der Waals surface area contributed by atoms with Crippen LogP contribution >= 0.6 is 0 Å². The van der Waals surface area contributed by atoms with Gasteiger partial charge in [0.2, 0.25) is 0 Å². The van der Waals surface area contributed by atoms with E-state index in [1.807, 2.05) is 36.4 Å². The van der Waals surface area contributed by atoms with Crippen LogP contribution in [0.25, 0.3) is 16.7 Å². The van der Waals surface area contributed by atoms with E-state index in [1.165, 1.54) is 30.4 Å². The van der Waals surface area contributed by atoms with Crippen molar-refractivity contribution in [3.05, 3.63) is 102 Å². The average molecular weight is 412 g/mol. The summed E-state index contributed by atoms with van der Waals surface area (Å²) < 4.78 is 14.9. The van der Waals surface area contributed by atoms with Gasteiger partial charge in [-0.05, 0) is 66.5 Å². The van der Waals surface area contributed by atoms with Crippen LogP contribution in [0.5, 0.6) is 0 Å². The fraction of sp³-hybridized carbons (Fsp3) is 0.310. The Morgan fingerprint density at radius 2 is 1.65 bits per heavy atom. The van der Waals surface area contributed by atoms with Crippen molar-refractivity contribution in [2.45, 2.75) is 50.6 Å². The first-order valence-electron chi connectivity index (χ1n) is 11.6. The Morgan fingerprint density at radius 3 is 2.35 bits per heavy atom. The minimum atomic E-state index is -0.129. The Bertz CT molecular complexity index is 1060. The first kappa shape index (κ1) is 20.2. The molecule has 2 heteroatoms. The van der Waals surface area contributed by atoms with Crippen LogP contribution in [0.2, 0.25) is 0 Å². The highest BCUT2D eigenvalue weighted by Gasteiger charge is 2.36. The van der Waals surface area contributed by atoms with Crippen molar-refractivity contribution in [3.63, 3.8) is 0 Å². The predicted molar refractivity (Wildman–Crippen MR) is 127 cm³/mol. The van der Waals surface area contributed by atoms with Gasteiger partial charge in [0.05, 0.1) is 0 Å². The molecule has 3 unspecified atom stereocenters. The summed E-state index contributed by atoms with van der Waals surface area (Å²) >= 11 is 0. The molecule has 1 nitrogen and oxygen atoms in total. The molecule has 0 saturated carbocycles. The molecule has 5 rings (SSSR count). The lowest BCUT2D eigenvalue weighted by atomic mass is 9.92. The number of fused-ring (bicyclic) bond motifs is 2. The molecule has 0 N–H and O–H groups in total. The SMILES string of the molecule is CC(CCN1C2C=C(c3ccc(-c4ccccc4)c(F)c3)CC1CC2)c1ccccc1. The molecule has 2 bridgehead atoms. The van der Waals surface area contributed by atoms with Crippen molar-refractivity contribution in [3.8, 4) is 11.1 Å². The molecule has 158 valence electrons. The number of nitrogens with zero attached hydrogens (tertiary/aromatic N) is 1. The largest absolute Gasteiger partial charge is 0.294 e. The molecule has 0 radical (unpaired) electrons. The lowest BCUT2D eigenvalue weighted by Crippen LogP contribution is -2.39. The van der Waals surface area contributed by atoms with Gasteiger partial charge in [-0.15, -0.1) is 0 Å². The molecule has 3 aromatic rings. The van der Waals surface area contributed by atoms with Crippen LogP contribution in [0.3, 0.4) is 0 Å². The Labute approximate surface area is 185 Å². The summed E-state index contributed by atoms with van der Waals surface area (Å²) in [5, 5.41) is 0. The Morgan fingerprint density at radius 1 is 0.903 bits per heavy atom. The molecule has 3 aromatic carbocycles. The van der Waals surface area contributed by atoms with Gasteiger partial charge in [-0.3, -0.25) is 4.90 Å². The second kappa shape index (κ2) is 8.80. The van der Waals surface area contributed by atoms with Crippen LogP contribution in [-0.4, -0.2) is 23.5 Å². The predicted octanol–water partition coefficient (Wildman–Crippen LogP) is 7.31. The van der Waals surface area contributed by atoms with E-state index in [0.717, 1.165) is 24.1 Å². The van der Waals surface area contributed by atoms with E-state index in [1.54, 1.807) is 6.07 Å². The molecule has 2 aliphatic rings. The van der Waals surface area contributed by atoms with Crippen LogP contribution in [0.4, 0.5) is 4.39 Å². The fourth-order valence-electron chi connectivity index (χ4n) is 5.34. The van der Waals surface area contributed by atoms with Crippen molar-refractivity contribution in [1.82, 2.24) is 4.90 Å². The van der Waals surface area contributed by atoms with E-state index in [2.05, 4.69) is 54.3 Å². The maximum atomic E-state index is 14.9. The second-order valence-corrected chi connectivity index (χ2v) is 9.09. The number of hydrogen-bond donors (Lipinski definition) is 0. The third kappa shape index (κ3) is 4.22. The van der Waals surface area contributed by atoms with Crippen LogP contribution < -0.4 is 0 Å². The highest BCUT2D eigenvalue weighted by atomic mass is 19.1. The van der Waals surface area contributed by atoms with Crippen LogP contribution in [0.15, 0.2) is 84.9 Å². The van der Waals surface area contributed by atoms with Gasteiger partial charge in [-0.1, -0.05) is 85.8 Å². The van der Waals surface area contributed by atoms with E-state index in [9.17, 15) is 4.39 Å².